The quantitative estimate of drug-likeness (QED) is 0.531. The fourth-order valence-electron chi connectivity index (χ4n) is 1.46. The number of unbranched alkanes of at least 4 members (excludes halogenated alkanes) is 6. The highest BCUT2D eigenvalue weighted by Gasteiger charge is 1.99. The zero-order chi connectivity index (χ0) is 10.6. The van der Waals surface area contributed by atoms with Crippen molar-refractivity contribution < 1.29 is 4.79 Å². The summed E-state index contributed by atoms with van der Waals surface area (Å²) in [5.74, 6) is 0.926. The molecule has 14 heavy (non-hydrogen) atoms. The van der Waals surface area contributed by atoms with Crippen molar-refractivity contribution in [3.8, 4) is 0 Å². The van der Waals surface area contributed by atoms with E-state index in [2.05, 4.69) is 6.92 Å². The number of hydrogen-bond acceptors (Lipinski definition) is 2. The topological polar surface area (TPSA) is 17.1 Å². The first-order chi connectivity index (χ1) is 6.81. The van der Waals surface area contributed by atoms with Crippen LogP contribution in [0.15, 0.2) is 0 Å². The third kappa shape index (κ3) is 10.1. The van der Waals surface area contributed by atoms with Crippen LogP contribution in [0.25, 0.3) is 0 Å². The average Bonchev–Trinajstić information content (AvgIpc) is 2.17. The van der Waals surface area contributed by atoms with Crippen molar-refractivity contribution in [1.82, 2.24) is 0 Å². The summed E-state index contributed by atoms with van der Waals surface area (Å²) in [6.45, 7) is 4.27. The Morgan fingerprint density at radius 3 is 2.07 bits per heavy atom. The summed E-state index contributed by atoms with van der Waals surface area (Å²) < 4.78 is 0. The lowest BCUT2D eigenvalue weighted by molar-refractivity contribution is -0.111. The Bertz CT molecular complexity index is 134. The average molecular weight is 216 g/mol. The first-order valence-electron chi connectivity index (χ1n) is 5.96. The van der Waals surface area contributed by atoms with Crippen molar-refractivity contribution in [2.24, 2.45) is 0 Å². The van der Waals surface area contributed by atoms with E-state index in [-0.39, 0.29) is 0 Å². The van der Waals surface area contributed by atoms with E-state index in [1.54, 1.807) is 0 Å². The molecule has 0 bridgehead atoms. The zero-order valence-corrected chi connectivity index (χ0v) is 10.5. The van der Waals surface area contributed by atoms with Gasteiger partial charge in [0.2, 0.25) is 0 Å². The van der Waals surface area contributed by atoms with Gasteiger partial charge in [0, 0.05) is 6.42 Å². The third-order valence-corrected chi connectivity index (χ3v) is 3.10. The molecular formula is C12H24OS. The molecule has 0 heterocycles. The van der Waals surface area contributed by atoms with Crippen LogP contribution >= 0.6 is 11.8 Å². The molecule has 0 aliphatic carbocycles. The summed E-state index contributed by atoms with van der Waals surface area (Å²) in [5.41, 5.74) is 0. The Hall–Kier alpha value is 0.0200. The van der Waals surface area contributed by atoms with E-state index in [1.165, 1.54) is 50.3 Å². The van der Waals surface area contributed by atoms with Crippen molar-refractivity contribution >= 4 is 16.9 Å². The van der Waals surface area contributed by atoms with Crippen LogP contribution in [0.1, 0.15) is 65.2 Å². The Morgan fingerprint density at radius 1 is 0.929 bits per heavy atom. The predicted octanol–water partition coefficient (Wildman–Crippen LogP) is 4.41. The van der Waals surface area contributed by atoms with Crippen LogP contribution in [-0.4, -0.2) is 10.9 Å². The molecule has 0 atom stereocenters. The van der Waals surface area contributed by atoms with E-state index in [0.717, 1.165) is 18.6 Å². The van der Waals surface area contributed by atoms with E-state index < -0.39 is 0 Å². The van der Waals surface area contributed by atoms with E-state index in [1.807, 2.05) is 6.92 Å². The fraction of sp³-hybridized carbons (Fsp3) is 0.917. The van der Waals surface area contributed by atoms with Crippen LogP contribution in [-0.2, 0) is 4.79 Å². The normalized spacial score (nSPS) is 10.4. The summed E-state index contributed by atoms with van der Waals surface area (Å²) in [5, 5.41) is 0.376. The Morgan fingerprint density at radius 2 is 1.50 bits per heavy atom. The van der Waals surface area contributed by atoms with Gasteiger partial charge in [-0.1, -0.05) is 64.1 Å². The molecule has 0 saturated carbocycles. The van der Waals surface area contributed by atoms with Crippen LogP contribution in [0.3, 0.4) is 0 Å². The molecule has 0 aromatic rings. The molecule has 0 rings (SSSR count). The van der Waals surface area contributed by atoms with Gasteiger partial charge in [0.25, 0.3) is 0 Å². The van der Waals surface area contributed by atoms with Crippen molar-refractivity contribution in [1.29, 1.82) is 0 Å². The third-order valence-electron chi connectivity index (χ3n) is 2.29. The van der Waals surface area contributed by atoms with Crippen LogP contribution in [0, 0.1) is 0 Å². The van der Waals surface area contributed by atoms with Gasteiger partial charge in [-0.05, 0) is 12.2 Å². The minimum atomic E-state index is 0.376. The number of thioether (sulfide) groups is 1. The molecule has 2 heteroatoms. The zero-order valence-electron chi connectivity index (χ0n) is 9.68. The molecular weight excluding hydrogens is 192 g/mol. The highest BCUT2D eigenvalue weighted by atomic mass is 32.2. The molecule has 0 unspecified atom stereocenters. The van der Waals surface area contributed by atoms with Gasteiger partial charge in [0.1, 0.15) is 0 Å². The minimum Gasteiger partial charge on any atom is -0.287 e. The number of carbonyl (C=O) groups is 1. The van der Waals surface area contributed by atoms with Crippen LogP contribution in [0.2, 0.25) is 0 Å². The van der Waals surface area contributed by atoms with E-state index in [9.17, 15) is 4.79 Å². The molecule has 0 aliphatic rings. The lowest BCUT2D eigenvalue weighted by Gasteiger charge is -2.00. The maximum atomic E-state index is 11.1. The van der Waals surface area contributed by atoms with Gasteiger partial charge in [-0.3, -0.25) is 4.79 Å². The molecule has 0 fully saturated rings. The standard InChI is InChI=1S/C12H24OS/c1-3-5-6-7-8-9-10-11-12(13)14-4-2/h3-11H2,1-2H3. The maximum absolute atomic E-state index is 11.1. The summed E-state index contributed by atoms with van der Waals surface area (Å²) in [6.07, 6.45) is 9.82. The molecule has 0 N–H and O–H groups in total. The SMILES string of the molecule is CCCCCCCCCC(=O)SCC. The Labute approximate surface area is 93.0 Å². The summed E-state index contributed by atoms with van der Waals surface area (Å²) in [6, 6.07) is 0. The van der Waals surface area contributed by atoms with Crippen molar-refractivity contribution in [2.75, 3.05) is 5.75 Å². The van der Waals surface area contributed by atoms with Crippen molar-refractivity contribution in [3.63, 3.8) is 0 Å². The Kier molecular flexibility index (Phi) is 11.1. The van der Waals surface area contributed by atoms with Gasteiger partial charge < -0.3 is 0 Å². The lowest BCUT2D eigenvalue weighted by Crippen LogP contribution is -1.91. The Balaban J connectivity index is 3.01. The van der Waals surface area contributed by atoms with Crippen LogP contribution in [0.4, 0.5) is 0 Å². The number of rotatable bonds is 9. The maximum Gasteiger partial charge on any atom is 0.188 e. The number of hydrogen-bond donors (Lipinski definition) is 0. The summed E-state index contributed by atoms with van der Waals surface area (Å²) >= 11 is 1.46. The van der Waals surface area contributed by atoms with Gasteiger partial charge in [0.05, 0.1) is 0 Å². The lowest BCUT2D eigenvalue weighted by atomic mass is 10.1. The molecule has 0 aliphatic heterocycles. The molecule has 0 aromatic carbocycles. The molecule has 84 valence electrons. The molecule has 0 radical (unpaired) electrons. The van der Waals surface area contributed by atoms with Crippen molar-refractivity contribution in [3.05, 3.63) is 0 Å². The molecule has 0 aromatic heterocycles. The number of carbonyl (C=O) groups excluding carboxylic acids is 1. The highest BCUT2D eigenvalue weighted by Crippen LogP contribution is 2.12. The van der Waals surface area contributed by atoms with Crippen molar-refractivity contribution in [2.45, 2.75) is 65.2 Å². The second-order valence-corrected chi connectivity index (χ2v) is 5.00. The van der Waals surface area contributed by atoms with E-state index >= 15 is 0 Å². The predicted molar refractivity (Wildman–Crippen MR) is 65.7 cm³/mol. The van der Waals surface area contributed by atoms with Crippen LogP contribution in [0.5, 0.6) is 0 Å². The molecule has 0 spiro atoms. The van der Waals surface area contributed by atoms with Gasteiger partial charge in [0.15, 0.2) is 5.12 Å². The van der Waals surface area contributed by atoms with Gasteiger partial charge in [-0.2, -0.15) is 0 Å². The second-order valence-electron chi connectivity index (χ2n) is 3.68. The van der Waals surface area contributed by atoms with Gasteiger partial charge >= 0.3 is 0 Å². The van der Waals surface area contributed by atoms with E-state index in [0.29, 0.717) is 5.12 Å². The largest absolute Gasteiger partial charge is 0.287 e. The minimum absolute atomic E-state index is 0.376. The first-order valence-corrected chi connectivity index (χ1v) is 6.95. The molecule has 0 saturated heterocycles. The highest BCUT2D eigenvalue weighted by molar-refractivity contribution is 8.13. The monoisotopic (exact) mass is 216 g/mol. The van der Waals surface area contributed by atoms with E-state index in [4.69, 9.17) is 0 Å². The summed E-state index contributed by atoms with van der Waals surface area (Å²) in [7, 11) is 0. The fourth-order valence-corrected chi connectivity index (χ4v) is 2.07. The van der Waals surface area contributed by atoms with Gasteiger partial charge in [-0.15, -0.1) is 0 Å². The molecule has 0 amide bonds. The molecule has 1 nitrogen and oxygen atoms in total. The van der Waals surface area contributed by atoms with Crippen LogP contribution < -0.4 is 0 Å². The second kappa shape index (κ2) is 11.1. The smallest absolute Gasteiger partial charge is 0.188 e. The first kappa shape index (κ1) is 14.0. The van der Waals surface area contributed by atoms with Gasteiger partial charge in [-0.25, -0.2) is 0 Å². The summed E-state index contributed by atoms with van der Waals surface area (Å²) in [4.78, 5) is 11.1.